The molecule has 1 fully saturated rings. The molecule has 33 heavy (non-hydrogen) atoms. The molecule has 3 aromatic rings. The lowest BCUT2D eigenvalue weighted by Crippen LogP contribution is -2.49. The maximum atomic E-state index is 12.7. The van der Waals surface area contributed by atoms with E-state index in [0.717, 1.165) is 46.8 Å². The van der Waals surface area contributed by atoms with Gasteiger partial charge in [0.25, 0.3) is 0 Å². The number of hydrogen-bond donors (Lipinski definition) is 2. The van der Waals surface area contributed by atoms with Crippen molar-refractivity contribution >= 4 is 29.0 Å². The molecule has 6 heteroatoms. The summed E-state index contributed by atoms with van der Waals surface area (Å²) in [5.74, 6) is 0.183. The van der Waals surface area contributed by atoms with E-state index in [-0.39, 0.29) is 11.9 Å². The Hall–Kier alpha value is -3.80. The van der Waals surface area contributed by atoms with Gasteiger partial charge in [-0.25, -0.2) is 4.79 Å². The van der Waals surface area contributed by atoms with Crippen molar-refractivity contribution in [2.75, 3.05) is 41.7 Å². The van der Waals surface area contributed by atoms with E-state index in [2.05, 4.69) is 15.5 Å². The van der Waals surface area contributed by atoms with Gasteiger partial charge in [-0.15, -0.1) is 0 Å². The Balaban J connectivity index is 1.26. The Morgan fingerprint density at radius 2 is 1.33 bits per heavy atom. The van der Waals surface area contributed by atoms with E-state index in [1.54, 1.807) is 0 Å². The van der Waals surface area contributed by atoms with Crippen LogP contribution in [0.4, 0.5) is 21.9 Å². The summed E-state index contributed by atoms with van der Waals surface area (Å²) in [5.41, 5.74) is 5.98. The largest absolute Gasteiger partial charge is 0.368 e. The number of aryl methyl sites for hydroxylation is 2. The highest BCUT2D eigenvalue weighted by Gasteiger charge is 2.21. The van der Waals surface area contributed by atoms with Crippen LogP contribution in [0.2, 0.25) is 0 Å². The van der Waals surface area contributed by atoms with E-state index in [1.807, 2.05) is 91.5 Å². The molecule has 0 spiro atoms. The van der Waals surface area contributed by atoms with Crippen LogP contribution in [0.1, 0.15) is 16.7 Å². The zero-order chi connectivity index (χ0) is 23.2. The number of rotatable bonds is 5. The third-order valence-corrected chi connectivity index (χ3v) is 6.04. The fraction of sp³-hybridized carbons (Fsp3) is 0.259. The summed E-state index contributed by atoms with van der Waals surface area (Å²) >= 11 is 0. The van der Waals surface area contributed by atoms with Gasteiger partial charge in [0.05, 0.1) is 6.42 Å². The minimum Gasteiger partial charge on any atom is -0.368 e. The predicted molar refractivity (Wildman–Crippen MR) is 134 cm³/mol. The number of nitrogens with zero attached hydrogens (tertiary/aromatic N) is 2. The molecule has 0 unspecified atom stereocenters. The topological polar surface area (TPSA) is 64.7 Å². The molecule has 0 atom stereocenters. The molecular formula is C27H30N4O2. The summed E-state index contributed by atoms with van der Waals surface area (Å²) in [4.78, 5) is 29.2. The smallest absolute Gasteiger partial charge is 0.323 e. The first-order valence-corrected chi connectivity index (χ1v) is 11.3. The van der Waals surface area contributed by atoms with Crippen molar-refractivity contribution in [2.24, 2.45) is 0 Å². The maximum Gasteiger partial charge on any atom is 0.323 e. The molecule has 1 heterocycles. The second kappa shape index (κ2) is 10.2. The number of hydrogen-bond acceptors (Lipinski definition) is 3. The average molecular weight is 443 g/mol. The van der Waals surface area contributed by atoms with Gasteiger partial charge in [0.15, 0.2) is 0 Å². The van der Waals surface area contributed by atoms with Crippen molar-refractivity contribution in [1.82, 2.24) is 4.90 Å². The van der Waals surface area contributed by atoms with Crippen molar-refractivity contribution in [2.45, 2.75) is 20.3 Å². The van der Waals surface area contributed by atoms with Crippen LogP contribution in [0.25, 0.3) is 0 Å². The molecule has 0 aliphatic carbocycles. The average Bonchev–Trinajstić information content (AvgIpc) is 2.82. The number of benzene rings is 3. The number of amides is 3. The normalized spacial score (nSPS) is 13.5. The molecule has 1 saturated heterocycles. The molecule has 4 rings (SSSR count). The summed E-state index contributed by atoms with van der Waals surface area (Å²) in [6, 6.07) is 23.3. The van der Waals surface area contributed by atoms with Gasteiger partial charge in [-0.1, -0.05) is 42.0 Å². The van der Waals surface area contributed by atoms with Crippen LogP contribution in [0.3, 0.4) is 0 Å². The number of anilines is 3. The Morgan fingerprint density at radius 3 is 1.94 bits per heavy atom. The highest BCUT2D eigenvalue weighted by atomic mass is 16.2. The summed E-state index contributed by atoms with van der Waals surface area (Å²) in [6.07, 6.45) is 0.456. The lowest BCUT2D eigenvalue weighted by atomic mass is 10.1. The molecule has 170 valence electrons. The van der Waals surface area contributed by atoms with Gasteiger partial charge in [0.1, 0.15) is 0 Å². The second-order valence-corrected chi connectivity index (χ2v) is 8.46. The summed E-state index contributed by atoms with van der Waals surface area (Å²) < 4.78 is 0. The van der Waals surface area contributed by atoms with E-state index in [4.69, 9.17) is 0 Å². The van der Waals surface area contributed by atoms with Gasteiger partial charge in [0.2, 0.25) is 5.91 Å². The van der Waals surface area contributed by atoms with Crippen LogP contribution >= 0.6 is 0 Å². The quantitative estimate of drug-likeness (QED) is 0.594. The first-order valence-electron chi connectivity index (χ1n) is 11.3. The standard InChI is InChI=1S/C27H30N4O2/c1-20-7-9-23(10-8-20)28-27(33)29-24-11-13-25(14-12-24)30-15-17-31(18-16-30)26(32)19-22-6-4-3-5-21(22)2/h3-14H,15-19H2,1-2H3,(H2,28,29,33). The van der Waals surface area contributed by atoms with Crippen LogP contribution in [0, 0.1) is 13.8 Å². The van der Waals surface area contributed by atoms with E-state index in [1.165, 1.54) is 0 Å². The summed E-state index contributed by atoms with van der Waals surface area (Å²) in [6.45, 7) is 7.06. The van der Waals surface area contributed by atoms with E-state index >= 15 is 0 Å². The minimum atomic E-state index is -0.271. The van der Waals surface area contributed by atoms with Crippen LogP contribution in [-0.2, 0) is 11.2 Å². The molecule has 0 radical (unpaired) electrons. The molecule has 0 aromatic heterocycles. The van der Waals surface area contributed by atoms with Gasteiger partial charge >= 0.3 is 6.03 Å². The van der Waals surface area contributed by atoms with Gasteiger partial charge in [-0.3, -0.25) is 4.79 Å². The summed E-state index contributed by atoms with van der Waals surface area (Å²) in [5, 5.41) is 5.70. The Kier molecular flexibility index (Phi) is 6.93. The molecule has 0 bridgehead atoms. The zero-order valence-corrected chi connectivity index (χ0v) is 19.2. The molecule has 3 aromatic carbocycles. The third-order valence-electron chi connectivity index (χ3n) is 6.04. The van der Waals surface area contributed by atoms with Crippen LogP contribution < -0.4 is 15.5 Å². The molecule has 1 aliphatic rings. The SMILES string of the molecule is Cc1ccc(NC(=O)Nc2ccc(N3CCN(C(=O)Cc4ccccc4C)CC3)cc2)cc1. The zero-order valence-electron chi connectivity index (χ0n) is 19.2. The fourth-order valence-electron chi connectivity index (χ4n) is 3.98. The number of carbonyl (C=O) groups excluding carboxylic acids is 2. The molecular weight excluding hydrogens is 412 g/mol. The van der Waals surface area contributed by atoms with Gasteiger partial charge in [-0.2, -0.15) is 0 Å². The van der Waals surface area contributed by atoms with E-state index in [0.29, 0.717) is 19.5 Å². The molecule has 3 amide bonds. The number of carbonyl (C=O) groups is 2. The van der Waals surface area contributed by atoms with Crippen LogP contribution in [0.15, 0.2) is 72.8 Å². The first-order chi connectivity index (χ1) is 16.0. The van der Waals surface area contributed by atoms with E-state index in [9.17, 15) is 9.59 Å². The Labute approximate surface area is 195 Å². The highest BCUT2D eigenvalue weighted by Crippen LogP contribution is 2.20. The lowest BCUT2D eigenvalue weighted by molar-refractivity contribution is -0.130. The maximum absolute atomic E-state index is 12.7. The van der Waals surface area contributed by atoms with Crippen molar-refractivity contribution in [3.8, 4) is 0 Å². The van der Waals surface area contributed by atoms with Crippen LogP contribution in [-0.4, -0.2) is 43.0 Å². The number of urea groups is 1. The van der Waals surface area contributed by atoms with E-state index < -0.39 is 0 Å². The Bertz CT molecular complexity index is 1100. The third kappa shape index (κ3) is 5.92. The lowest BCUT2D eigenvalue weighted by Gasteiger charge is -2.36. The minimum absolute atomic E-state index is 0.183. The van der Waals surface area contributed by atoms with Crippen molar-refractivity contribution < 1.29 is 9.59 Å². The number of nitrogens with one attached hydrogen (secondary N) is 2. The van der Waals surface area contributed by atoms with Gasteiger partial charge in [-0.05, 0) is 61.4 Å². The second-order valence-electron chi connectivity index (χ2n) is 8.46. The number of piperazine rings is 1. The molecule has 2 N–H and O–H groups in total. The van der Waals surface area contributed by atoms with Crippen molar-refractivity contribution in [1.29, 1.82) is 0 Å². The fourth-order valence-corrected chi connectivity index (χ4v) is 3.98. The van der Waals surface area contributed by atoms with Crippen molar-refractivity contribution in [3.63, 3.8) is 0 Å². The van der Waals surface area contributed by atoms with Crippen LogP contribution in [0.5, 0.6) is 0 Å². The van der Waals surface area contributed by atoms with Gasteiger partial charge < -0.3 is 20.4 Å². The molecule has 0 saturated carbocycles. The molecule has 1 aliphatic heterocycles. The highest BCUT2D eigenvalue weighted by molar-refractivity contribution is 5.99. The Morgan fingerprint density at radius 1 is 0.758 bits per heavy atom. The molecule has 6 nitrogen and oxygen atoms in total. The summed E-state index contributed by atoms with van der Waals surface area (Å²) in [7, 11) is 0. The van der Waals surface area contributed by atoms with Crippen molar-refractivity contribution in [3.05, 3.63) is 89.5 Å². The first kappa shape index (κ1) is 22.4. The van der Waals surface area contributed by atoms with Gasteiger partial charge in [0, 0.05) is 43.2 Å². The predicted octanol–water partition coefficient (Wildman–Crippen LogP) is 4.84. The monoisotopic (exact) mass is 442 g/mol.